The molecule has 0 aromatic heterocycles. The van der Waals surface area contributed by atoms with E-state index in [0.29, 0.717) is 5.75 Å². The minimum absolute atomic E-state index is 0.0426. The molecule has 0 N–H and O–H groups in total. The van der Waals surface area contributed by atoms with Crippen LogP contribution in [0, 0.1) is 0 Å². The predicted molar refractivity (Wildman–Crippen MR) is 65.4 cm³/mol. The molecule has 0 spiro atoms. The Kier molecular flexibility index (Phi) is 3.97. The summed E-state index contributed by atoms with van der Waals surface area (Å²) in [5.74, 6) is 2.62. The maximum Gasteiger partial charge on any atom is 0.334 e. The molecule has 1 aromatic rings. The van der Waals surface area contributed by atoms with Gasteiger partial charge in [0.2, 0.25) is 0 Å². The summed E-state index contributed by atoms with van der Waals surface area (Å²) >= 11 is 3.36. The molecule has 2 nitrogen and oxygen atoms in total. The van der Waals surface area contributed by atoms with E-state index < -0.39 is 0 Å². The second-order valence-electron chi connectivity index (χ2n) is 3.16. The largest absolute Gasteiger partial charge is 0.425 e. The number of carbonyl (C=O) groups excluding carboxylic acids is 1. The smallest absolute Gasteiger partial charge is 0.334 e. The van der Waals surface area contributed by atoms with Crippen LogP contribution in [0.4, 0.5) is 0 Å². The van der Waals surface area contributed by atoms with Crippen molar-refractivity contribution in [3.05, 3.63) is 30.3 Å². The van der Waals surface area contributed by atoms with Gasteiger partial charge >= 0.3 is 5.97 Å². The fourth-order valence-electron chi connectivity index (χ4n) is 1.28. The quantitative estimate of drug-likeness (QED) is 0.586. The van der Waals surface area contributed by atoms with Crippen LogP contribution in [0.1, 0.15) is 6.42 Å². The molecule has 80 valence electrons. The van der Waals surface area contributed by atoms with E-state index >= 15 is 0 Å². The Morgan fingerprint density at radius 2 is 1.87 bits per heavy atom. The summed E-state index contributed by atoms with van der Waals surface area (Å²) in [5.41, 5.74) is 0. The molecule has 0 radical (unpaired) electrons. The average molecular weight is 240 g/mol. The van der Waals surface area contributed by atoms with Crippen molar-refractivity contribution in [2.24, 2.45) is 0 Å². The second-order valence-corrected chi connectivity index (χ2v) is 5.89. The Morgan fingerprint density at radius 3 is 2.53 bits per heavy atom. The highest BCUT2D eigenvalue weighted by molar-refractivity contribution is 8.18. The standard InChI is InChI=1S/C11H12O2S2/c12-10(11-14-7-4-8-15-11)13-9-5-2-1-3-6-9/h1-3,5-6,11H,4,7-8H2. The van der Waals surface area contributed by atoms with Crippen molar-refractivity contribution < 1.29 is 9.53 Å². The van der Waals surface area contributed by atoms with Crippen LogP contribution in [0.2, 0.25) is 0 Å². The summed E-state index contributed by atoms with van der Waals surface area (Å²) in [5, 5.41) is 0. The van der Waals surface area contributed by atoms with E-state index in [1.165, 1.54) is 6.42 Å². The summed E-state index contributed by atoms with van der Waals surface area (Å²) in [6, 6.07) is 9.24. The Bertz CT molecular complexity index is 321. The van der Waals surface area contributed by atoms with E-state index in [2.05, 4.69) is 0 Å². The zero-order valence-corrected chi connectivity index (χ0v) is 9.85. The van der Waals surface area contributed by atoms with E-state index in [0.717, 1.165) is 11.5 Å². The van der Waals surface area contributed by atoms with Gasteiger partial charge in [-0.15, -0.1) is 23.5 Å². The van der Waals surface area contributed by atoms with Gasteiger partial charge < -0.3 is 4.74 Å². The molecule has 1 heterocycles. The van der Waals surface area contributed by atoms with E-state index in [-0.39, 0.29) is 10.6 Å². The van der Waals surface area contributed by atoms with Gasteiger partial charge in [0.05, 0.1) is 0 Å². The van der Waals surface area contributed by atoms with Crippen LogP contribution in [-0.2, 0) is 4.79 Å². The maximum atomic E-state index is 11.7. The van der Waals surface area contributed by atoms with Gasteiger partial charge in [-0.2, -0.15) is 0 Å². The lowest BCUT2D eigenvalue weighted by Gasteiger charge is -2.18. The summed E-state index contributed by atoms with van der Waals surface area (Å²) in [6.45, 7) is 0. The van der Waals surface area contributed by atoms with E-state index in [1.807, 2.05) is 18.2 Å². The molecule has 0 unspecified atom stereocenters. The van der Waals surface area contributed by atoms with E-state index in [1.54, 1.807) is 35.7 Å². The first kappa shape index (κ1) is 10.9. The number of hydrogen-bond donors (Lipinski definition) is 0. The van der Waals surface area contributed by atoms with Crippen molar-refractivity contribution in [1.29, 1.82) is 0 Å². The first-order valence-electron chi connectivity index (χ1n) is 4.86. The number of rotatable bonds is 2. The van der Waals surface area contributed by atoms with E-state index in [4.69, 9.17) is 4.74 Å². The maximum absolute atomic E-state index is 11.7. The SMILES string of the molecule is O=C(Oc1ccccc1)C1SCCCS1. The summed E-state index contributed by atoms with van der Waals surface area (Å²) in [6.07, 6.45) is 1.18. The predicted octanol–water partition coefficient (Wildman–Crippen LogP) is 2.79. The van der Waals surface area contributed by atoms with Gasteiger partial charge in [0.25, 0.3) is 0 Å². The molecule has 0 amide bonds. The van der Waals surface area contributed by atoms with E-state index in [9.17, 15) is 4.79 Å². The number of carbonyl (C=O) groups is 1. The minimum atomic E-state index is -0.129. The molecular weight excluding hydrogens is 228 g/mol. The van der Waals surface area contributed by atoms with Crippen LogP contribution in [0.3, 0.4) is 0 Å². The van der Waals surface area contributed by atoms with Crippen molar-refractivity contribution in [3.8, 4) is 5.75 Å². The lowest BCUT2D eigenvalue weighted by Crippen LogP contribution is -2.23. The van der Waals surface area contributed by atoms with Gasteiger partial charge in [-0.25, -0.2) is 4.79 Å². The molecule has 0 saturated carbocycles. The van der Waals surface area contributed by atoms with Crippen molar-refractivity contribution in [1.82, 2.24) is 0 Å². The third kappa shape index (κ3) is 3.18. The van der Waals surface area contributed by atoms with Gasteiger partial charge in [-0.1, -0.05) is 18.2 Å². The van der Waals surface area contributed by atoms with Crippen molar-refractivity contribution in [2.45, 2.75) is 11.0 Å². The van der Waals surface area contributed by atoms with Gasteiger partial charge in [0, 0.05) is 0 Å². The minimum Gasteiger partial charge on any atom is -0.425 e. The molecule has 1 fully saturated rings. The Morgan fingerprint density at radius 1 is 1.20 bits per heavy atom. The van der Waals surface area contributed by atoms with Gasteiger partial charge in [-0.3, -0.25) is 0 Å². The average Bonchev–Trinajstić information content (AvgIpc) is 2.31. The zero-order valence-electron chi connectivity index (χ0n) is 8.22. The van der Waals surface area contributed by atoms with Crippen LogP contribution >= 0.6 is 23.5 Å². The molecule has 2 rings (SSSR count). The fraction of sp³-hybridized carbons (Fsp3) is 0.364. The highest BCUT2D eigenvalue weighted by Crippen LogP contribution is 2.31. The third-order valence-corrected chi connectivity index (χ3v) is 4.84. The lowest BCUT2D eigenvalue weighted by molar-refractivity contribution is -0.132. The van der Waals surface area contributed by atoms with Crippen LogP contribution in [0.5, 0.6) is 5.75 Å². The summed E-state index contributed by atoms with van der Waals surface area (Å²) in [4.78, 5) is 11.7. The van der Waals surface area contributed by atoms with Crippen LogP contribution < -0.4 is 4.74 Å². The monoisotopic (exact) mass is 240 g/mol. The first-order valence-corrected chi connectivity index (χ1v) is 6.96. The summed E-state index contributed by atoms with van der Waals surface area (Å²) < 4.78 is 5.23. The molecule has 1 aliphatic rings. The van der Waals surface area contributed by atoms with Crippen LogP contribution in [0.15, 0.2) is 30.3 Å². The van der Waals surface area contributed by atoms with Crippen molar-refractivity contribution >= 4 is 29.5 Å². The lowest BCUT2D eigenvalue weighted by atomic mass is 10.3. The number of esters is 1. The molecule has 1 aromatic carbocycles. The molecule has 0 aliphatic carbocycles. The van der Waals surface area contributed by atoms with Crippen molar-refractivity contribution in [3.63, 3.8) is 0 Å². The van der Waals surface area contributed by atoms with Crippen LogP contribution in [0.25, 0.3) is 0 Å². The molecular formula is C11H12O2S2. The highest BCUT2D eigenvalue weighted by Gasteiger charge is 2.24. The van der Waals surface area contributed by atoms with Gasteiger partial charge in [0.1, 0.15) is 10.3 Å². The fourth-order valence-corrected chi connectivity index (χ4v) is 3.84. The Labute approximate surface area is 97.8 Å². The number of thioether (sulfide) groups is 2. The Balaban J connectivity index is 1.91. The number of ether oxygens (including phenoxy) is 1. The summed E-state index contributed by atoms with van der Waals surface area (Å²) in [7, 11) is 0. The topological polar surface area (TPSA) is 26.3 Å². The van der Waals surface area contributed by atoms with Gasteiger partial charge in [0.15, 0.2) is 0 Å². The molecule has 0 bridgehead atoms. The first-order chi connectivity index (χ1) is 7.36. The zero-order chi connectivity index (χ0) is 10.5. The van der Waals surface area contributed by atoms with Crippen LogP contribution in [-0.4, -0.2) is 22.1 Å². The molecule has 1 aliphatic heterocycles. The molecule has 0 atom stereocenters. The Hall–Kier alpha value is -0.610. The second kappa shape index (κ2) is 5.47. The molecule has 4 heteroatoms. The number of hydrogen-bond acceptors (Lipinski definition) is 4. The molecule has 15 heavy (non-hydrogen) atoms. The number of benzene rings is 1. The number of para-hydroxylation sites is 1. The highest BCUT2D eigenvalue weighted by atomic mass is 32.2. The third-order valence-electron chi connectivity index (χ3n) is 1.98. The van der Waals surface area contributed by atoms with Crippen molar-refractivity contribution in [2.75, 3.05) is 11.5 Å². The normalized spacial score (nSPS) is 17.3. The van der Waals surface area contributed by atoms with Gasteiger partial charge in [-0.05, 0) is 30.1 Å². The molecule has 1 saturated heterocycles.